The molecule has 2 fully saturated rings. The van der Waals surface area contributed by atoms with E-state index in [1.54, 1.807) is 18.6 Å². The molecule has 6 aliphatic rings. The lowest BCUT2D eigenvalue weighted by atomic mass is 9.98. The molecule has 0 amide bonds. The minimum atomic E-state index is -1.05. The molecule has 0 spiro atoms. The highest BCUT2D eigenvalue weighted by molar-refractivity contribution is 6.31. The smallest absolute Gasteiger partial charge is 0.115 e. The number of likely N-dealkylation sites (N-methyl/N-ethyl adjacent to an activating group) is 4. The Morgan fingerprint density at radius 1 is 0.560 bits per heavy atom. The Morgan fingerprint density at radius 2 is 1.11 bits per heavy atom. The van der Waals surface area contributed by atoms with Crippen molar-refractivity contribution in [1.29, 1.82) is 0 Å². The van der Waals surface area contributed by atoms with Crippen LogP contribution in [0.25, 0.3) is 43.9 Å². The number of hydrogen-bond acceptors (Lipinski definition) is 15. The number of aromatic nitrogens is 9. The summed E-state index contributed by atoms with van der Waals surface area (Å²) in [7, 11) is 8.75. The fourth-order valence-corrected chi connectivity index (χ4v) is 16.9. The summed E-state index contributed by atoms with van der Waals surface area (Å²) in [5, 5.41) is 32.1. The van der Waals surface area contributed by atoms with Crippen molar-refractivity contribution in [2.75, 3.05) is 100 Å². The molecule has 8 aromatic heterocycles. The van der Waals surface area contributed by atoms with Crippen molar-refractivity contribution in [3.05, 3.63) is 182 Å². The number of benzene rings is 2. The van der Waals surface area contributed by atoms with Gasteiger partial charge in [-0.15, -0.1) is 0 Å². The maximum atomic E-state index is 11.1. The molecule has 0 radical (unpaired) electrons. The molecule has 0 bridgehead atoms. The summed E-state index contributed by atoms with van der Waals surface area (Å²) in [6.45, 7) is 37.6. The van der Waals surface area contributed by atoms with E-state index in [4.69, 9.17) is 21.6 Å². The molecule has 10 aromatic rings. The topological polar surface area (TPSA) is 168 Å². The number of aliphatic hydroxyl groups excluding tert-OH is 1. The maximum absolute atomic E-state index is 11.1. The largest absolute Gasteiger partial charge is 0.386 e. The summed E-state index contributed by atoms with van der Waals surface area (Å²) >= 11 is 6.25. The van der Waals surface area contributed by atoms with E-state index in [-0.39, 0.29) is 0 Å². The molecule has 6 aliphatic heterocycles. The van der Waals surface area contributed by atoms with E-state index in [1.807, 2.05) is 44.2 Å². The van der Waals surface area contributed by atoms with Gasteiger partial charge in [0, 0.05) is 262 Å². The summed E-state index contributed by atoms with van der Waals surface area (Å²) in [6.07, 6.45) is 10.3. The number of pyridine rings is 3. The number of rotatable bonds is 12. The van der Waals surface area contributed by atoms with Gasteiger partial charge in [-0.1, -0.05) is 29.3 Å². The quantitative estimate of drug-likeness (QED) is 0.0911. The van der Waals surface area contributed by atoms with Gasteiger partial charge in [0.2, 0.25) is 0 Å². The van der Waals surface area contributed by atoms with Crippen LogP contribution in [0.3, 0.4) is 0 Å². The molecule has 0 aliphatic carbocycles. The average Bonchev–Trinajstić information content (AvgIpc) is 1.66. The van der Waals surface area contributed by atoms with Gasteiger partial charge in [-0.2, -0.15) is 0 Å². The number of hydrogen-bond donors (Lipinski definition) is 4. The lowest BCUT2D eigenvalue weighted by molar-refractivity contribution is 0.0378. The third kappa shape index (κ3) is 15.1. The number of fused-ring (bicyclic) bond motifs is 12. The highest BCUT2D eigenvalue weighted by Crippen LogP contribution is 2.39. The number of aliphatic hydroxyl groups is 2. The minimum Gasteiger partial charge on any atom is -0.386 e. The Labute approximate surface area is 597 Å². The van der Waals surface area contributed by atoms with Crippen LogP contribution in [0.15, 0.2) is 97.7 Å². The molecule has 100 heavy (non-hydrogen) atoms. The number of nitrogens with zero attached hydrogens (tertiary/aromatic N) is 15. The van der Waals surface area contributed by atoms with Crippen LogP contribution in [0, 0.1) is 27.7 Å². The second-order valence-electron chi connectivity index (χ2n) is 30.2. The Bertz CT molecular complexity index is 4490. The van der Waals surface area contributed by atoms with E-state index in [9.17, 15) is 10.2 Å². The third-order valence-electron chi connectivity index (χ3n) is 22.6. The van der Waals surface area contributed by atoms with E-state index in [2.05, 4.69) is 192 Å². The molecule has 16 rings (SSSR count). The Morgan fingerprint density at radius 3 is 1.77 bits per heavy atom. The number of piperazine rings is 2. The van der Waals surface area contributed by atoms with Crippen LogP contribution >= 0.6 is 11.6 Å². The van der Waals surface area contributed by atoms with Crippen LogP contribution in [-0.4, -0.2) is 201 Å². The van der Waals surface area contributed by atoms with Gasteiger partial charge in [0.05, 0.1) is 41.3 Å². The first-order valence-electron chi connectivity index (χ1n) is 36.7. The summed E-state index contributed by atoms with van der Waals surface area (Å²) in [6, 6.07) is 27.7. The van der Waals surface area contributed by atoms with Crippen molar-refractivity contribution >= 4 is 55.5 Å². The van der Waals surface area contributed by atoms with Gasteiger partial charge in [0.25, 0.3) is 0 Å². The van der Waals surface area contributed by atoms with Gasteiger partial charge in [-0.05, 0) is 162 Å². The lowest BCUT2D eigenvalue weighted by Crippen LogP contribution is -2.55. The van der Waals surface area contributed by atoms with Crippen molar-refractivity contribution in [3.63, 3.8) is 0 Å². The van der Waals surface area contributed by atoms with Crippen molar-refractivity contribution in [3.8, 4) is 0 Å². The van der Waals surface area contributed by atoms with Gasteiger partial charge >= 0.3 is 0 Å². The van der Waals surface area contributed by atoms with Gasteiger partial charge in [-0.3, -0.25) is 29.7 Å². The summed E-state index contributed by atoms with van der Waals surface area (Å²) in [5.74, 6) is 0. The first-order chi connectivity index (χ1) is 48.1. The van der Waals surface area contributed by atoms with Gasteiger partial charge < -0.3 is 53.8 Å². The predicted octanol–water partition coefficient (Wildman–Crippen LogP) is 10.6. The zero-order valence-corrected chi connectivity index (χ0v) is 62.4. The van der Waals surface area contributed by atoms with E-state index in [0.717, 1.165) is 164 Å². The fraction of sp³-hybridized carbons (Fsp3) is 0.512. The van der Waals surface area contributed by atoms with Crippen LogP contribution in [0.2, 0.25) is 5.02 Å². The van der Waals surface area contributed by atoms with E-state index >= 15 is 0 Å². The third-order valence-corrected chi connectivity index (χ3v) is 22.8. The first-order valence-corrected chi connectivity index (χ1v) is 37.1. The standard InChI is InChI=1S/C21H25N3O.2C20H31N5.C19H21ClN4O/c1-14-4-7-19-17(10-14)18-12-23(3)9-8-20(18)24(19)13-21(25)16-6-5-15(2)22-11-16;1-14-5-6-18-20(22-14)19-16(3)23(4)9-7-17(19)25(18)12-11-24-10-8-21-13-15(24)2;1-14-5-6-19-20(22-14)17-13-23(4)8-7-18(17)25(19)10-9-24-15(2)11-21-12-16(24)3;1-19(25,13-8-21-12-22-9-13)11-24-17-4-3-14(20)7-15(17)16-10-23(2)6-5-18(16)24/h4-7,10-11,21,25H,8-9,12-13H2,1-3H3;2*5-6,15-16,21H,7-13H2,1-4H3;3-4,7-9,12,25H,5-6,10-11H2,1-2H3/t21-;15?,16-;15-,16+;/m11../s1. The van der Waals surface area contributed by atoms with Crippen molar-refractivity contribution < 1.29 is 10.2 Å². The number of aryl methyl sites for hydroxylation is 4. The monoisotopic (exact) mass is 1370 g/mol. The Balaban J connectivity index is 0.000000119. The molecule has 532 valence electrons. The van der Waals surface area contributed by atoms with Gasteiger partial charge in [0.1, 0.15) is 11.9 Å². The normalized spacial score (nSPS) is 21.1. The van der Waals surface area contributed by atoms with Crippen molar-refractivity contribution in [2.24, 2.45) is 0 Å². The molecular formula is C80H108ClN17O2. The molecule has 2 aromatic carbocycles. The van der Waals surface area contributed by atoms with Crippen molar-refractivity contribution in [1.82, 2.24) is 83.2 Å². The first kappa shape index (κ1) is 71.4. The Hall–Kier alpha value is -6.98. The van der Waals surface area contributed by atoms with Crippen molar-refractivity contribution in [2.45, 2.75) is 170 Å². The zero-order chi connectivity index (χ0) is 70.3. The molecule has 4 N–H and O–H groups in total. The molecule has 14 heterocycles. The lowest BCUT2D eigenvalue weighted by Gasteiger charge is -2.39. The predicted molar refractivity (Wildman–Crippen MR) is 405 cm³/mol. The SMILES string of the molecule is CN1CCc2c(c3cc(Cl)ccc3n2CC(C)(O)c2cncnc2)C1.Cc1ccc2c(c1)c1c(n2C[C@@H](O)c2ccc(C)nc2)CCN(C)C1.Cc1ccc2c(n1)c1c(n2CCN2CCNCC2C)CCN(C)[C@@H]1C.Cc1ccc2c(n1)c1c(n2CCN2[C@H](C)CNC[C@@H]2C)CCN(C)C1. The summed E-state index contributed by atoms with van der Waals surface area (Å²) in [4.78, 5) is 37.1. The maximum Gasteiger partial charge on any atom is 0.115 e. The van der Waals surface area contributed by atoms with Crippen LogP contribution in [0.5, 0.6) is 0 Å². The van der Waals surface area contributed by atoms with E-state index < -0.39 is 11.7 Å². The van der Waals surface area contributed by atoms with E-state index in [1.165, 1.54) is 95.3 Å². The number of nitrogens with one attached hydrogen (secondary N) is 2. The van der Waals surface area contributed by atoms with Crippen LogP contribution in [0.1, 0.15) is 126 Å². The van der Waals surface area contributed by atoms with Crippen LogP contribution in [-0.2, 0) is 77.1 Å². The molecule has 20 heteroatoms. The molecular weight excluding hydrogens is 1270 g/mol. The fourth-order valence-electron chi connectivity index (χ4n) is 16.7. The molecule has 0 saturated carbocycles. The summed E-state index contributed by atoms with van der Waals surface area (Å²) in [5.41, 5.74) is 23.8. The number of halogens is 1. The highest BCUT2D eigenvalue weighted by atomic mass is 35.5. The van der Waals surface area contributed by atoms with Crippen LogP contribution in [0.4, 0.5) is 0 Å². The zero-order valence-electron chi connectivity index (χ0n) is 61.7. The molecule has 2 unspecified atom stereocenters. The van der Waals surface area contributed by atoms with Crippen LogP contribution < -0.4 is 10.6 Å². The molecule has 2 saturated heterocycles. The highest BCUT2D eigenvalue weighted by Gasteiger charge is 2.33. The molecule has 19 nitrogen and oxygen atoms in total. The van der Waals surface area contributed by atoms with Gasteiger partial charge in [0.15, 0.2) is 0 Å². The van der Waals surface area contributed by atoms with E-state index in [0.29, 0.717) is 42.8 Å². The Kier molecular flexibility index (Phi) is 21.8. The average molecular weight is 1380 g/mol. The second-order valence-corrected chi connectivity index (χ2v) is 30.6. The van der Waals surface area contributed by atoms with Gasteiger partial charge in [-0.25, -0.2) is 9.97 Å². The second kappa shape index (κ2) is 30.5. The minimum absolute atomic E-state index is 0.444. The summed E-state index contributed by atoms with van der Waals surface area (Å²) < 4.78 is 9.68. The molecule has 6 atom stereocenters.